The van der Waals surface area contributed by atoms with Crippen LogP contribution in [-0.4, -0.2) is 92.2 Å². The average molecular weight is 499 g/mol. The normalized spacial score (nSPS) is 21.0. The van der Waals surface area contributed by atoms with E-state index < -0.39 is 0 Å². The van der Waals surface area contributed by atoms with Gasteiger partial charge in [0, 0.05) is 64.4 Å². The Kier molecular flexibility index (Phi) is 9.38. The number of hydrogen-bond acceptors (Lipinski definition) is 7. The number of amides is 3. The maximum Gasteiger partial charge on any atom is 0.257 e. The quantitative estimate of drug-likeness (QED) is 0.674. The smallest absolute Gasteiger partial charge is 0.257 e. The molecule has 1 aliphatic rings. The van der Waals surface area contributed by atoms with Crippen LogP contribution >= 0.6 is 0 Å². The molecule has 3 atom stereocenters. The van der Waals surface area contributed by atoms with E-state index in [1.165, 1.54) is 7.11 Å². The van der Waals surface area contributed by atoms with Crippen LogP contribution in [-0.2, 0) is 14.3 Å². The Morgan fingerprint density at radius 1 is 1.19 bits per heavy atom. The fraction of sp³-hybridized carbons (Fsp3) is 0.462. The first-order valence-corrected chi connectivity index (χ1v) is 11.8. The topological polar surface area (TPSA) is 110 Å². The zero-order valence-corrected chi connectivity index (χ0v) is 21.4. The van der Waals surface area contributed by atoms with Crippen LogP contribution in [0.25, 0.3) is 0 Å². The zero-order valence-electron chi connectivity index (χ0n) is 21.4. The van der Waals surface area contributed by atoms with Gasteiger partial charge in [0.1, 0.15) is 19.0 Å². The second-order valence-electron chi connectivity index (χ2n) is 8.99. The summed E-state index contributed by atoms with van der Waals surface area (Å²) in [6.45, 7) is 4.66. The minimum absolute atomic E-state index is 0.0643. The third-order valence-electron chi connectivity index (χ3n) is 6.18. The molecule has 3 rings (SSSR count). The number of likely N-dealkylation sites (N-methyl/N-ethyl adjacent to an activating group) is 1. The van der Waals surface area contributed by atoms with Crippen LogP contribution in [0.4, 0.5) is 5.69 Å². The molecular formula is C26H34N4O6. The molecule has 2 aromatic rings. The minimum Gasteiger partial charge on any atom is -0.491 e. The highest BCUT2D eigenvalue weighted by Crippen LogP contribution is 2.27. The van der Waals surface area contributed by atoms with Gasteiger partial charge in [0.05, 0.1) is 23.3 Å². The Bertz CT molecular complexity index is 1060. The number of aromatic nitrogens is 1. The second-order valence-corrected chi connectivity index (χ2v) is 8.99. The van der Waals surface area contributed by atoms with Crippen molar-refractivity contribution in [2.24, 2.45) is 5.92 Å². The van der Waals surface area contributed by atoms with E-state index in [0.29, 0.717) is 35.7 Å². The van der Waals surface area contributed by atoms with Crippen molar-refractivity contribution in [3.05, 3.63) is 53.9 Å². The number of rotatable bonds is 5. The first-order chi connectivity index (χ1) is 17.2. The lowest BCUT2D eigenvalue weighted by Gasteiger charge is -2.36. The molecule has 0 radical (unpaired) electrons. The molecule has 3 amide bonds. The molecule has 10 nitrogen and oxygen atoms in total. The van der Waals surface area contributed by atoms with Crippen molar-refractivity contribution in [3.8, 4) is 5.75 Å². The average Bonchev–Trinajstić information content (AvgIpc) is 2.88. The first-order valence-electron chi connectivity index (χ1n) is 11.8. The third kappa shape index (κ3) is 6.58. The maximum atomic E-state index is 13.4. The Labute approximate surface area is 211 Å². The van der Waals surface area contributed by atoms with Gasteiger partial charge in [-0.3, -0.25) is 19.4 Å². The van der Waals surface area contributed by atoms with Crippen molar-refractivity contribution in [3.63, 3.8) is 0 Å². The lowest BCUT2D eigenvalue weighted by Crippen LogP contribution is -2.48. The summed E-state index contributed by atoms with van der Waals surface area (Å²) >= 11 is 0. The highest BCUT2D eigenvalue weighted by atomic mass is 16.5. The molecule has 36 heavy (non-hydrogen) atoms. The maximum absolute atomic E-state index is 13.4. The number of anilines is 1. The number of carbonyl (C=O) groups excluding carboxylic acids is 3. The number of pyridine rings is 1. The largest absolute Gasteiger partial charge is 0.491 e. The number of benzene rings is 1. The molecule has 10 heteroatoms. The predicted octanol–water partition coefficient (Wildman–Crippen LogP) is 2.31. The molecule has 194 valence electrons. The summed E-state index contributed by atoms with van der Waals surface area (Å²) in [5.74, 6) is -0.475. The Hall–Kier alpha value is -3.50. The van der Waals surface area contributed by atoms with E-state index in [9.17, 15) is 14.4 Å². The Balaban J connectivity index is 1.97. The van der Waals surface area contributed by atoms with Gasteiger partial charge in [0.15, 0.2) is 0 Å². The monoisotopic (exact) mass is 498 g/mol. The van der Waals surface area contributed by atoms with E-state index in [-0.39, 0.29) is 49.0 Å². The lowest BCUT2D eigenvalue weighted by molar-refractivity contribution is -0.119. The third-order valence-corrected chi connectivity index (χ3v) is 6.18. The second kappa shape index (κ2) is 12.5. The van der Waals surface area contributed by atoms with E-state index in [0.717, 1.165) is 0 Å². The molecule has 1 aliphatic heterocycles. The van der Waals surface area contributed by atoms with Crippen molar-refractivity contribution < 1.29 is 28.6 Å². The number of ether oxygens (including phenoxy) is 3. The van der Waals surface area contributed by atoms with E-state index in [4.69, 9.17) is 14.2 Å². The summed E-state index contributed by atoms with van der Waals surface area (Å²) in [6.07, 6.45) is 2.86. The van der Waals surface area contributed by atoms with Crippen LogP contribution in [0.1, 0.15) is 34.6 Å². The number of fused-ring (bicyclic) bond motifs is 1. The number of hydrogen-bond donors (Lipinski definition) is 1. The number of methoxy groups -OCH3 is 2. The fourth-order valence-corrected chi connectivity index (χ4v) is 4.12. The van der Waals surface area contributed by atoms with Crippen LogP contribution in [0.5, 0.6) is 5.75 Å². The van der Waals surface area contributed by atoms with Gasteiger partial charge in [0.25, 0.3) is 11.8 Å². The molecule has 1 N–H and O–H groups in total. The van der Waals surface area contributed by atoms with Crippen molar-refractivity contribution >= 4 is 23.4 Å². The van der Waals surface area contributed by atoms with Crippen molar-refractivity contribution in [1.29, 1.82) is 0 Å². The number of nitrogens with zero attached hydrogens (tertiary/aromatic N) is 3. The van der Waals surface area contributed by atoms with Gasteiger partial charge < -0.3 is 29.3 Å². The molecule has 0 bridgehead atoms. The van der Waals surface area contributed by atoms with Crippen molar-refractivity contribution in [2.45, 2.75) is 26.0 Å². The molecule has 1 aromatic carbocycles. The van der Waals surface area contributed by atoms with Crippen LogP contribution in [0.15, 0.2) is 42.7 Å². The SMILES string of the molecule is COCC(=O)Nc1ccc2c(c1)OC[C@@H](C)N(C(=O)c1cccnc1)C[C@H](C)[C@@H](OC)CN(C)C2=O. The van der Waals surface area contributed by atoms with E-state index in [1.54, 1.807) is 66.7 Å². The summed E-state index contributed by atoms with van der Waals surface area (Å²) in [5, 5.41) is 2.73. The summed E-state index contributed by atoms with van der Waals surface area (Å²) in [4.78, 5) is 46.1. The van der Waals surface area contributed by atoms with Gasteiger partial charge in [-0.1, -0.05) is 6.92 Å². The van der Waals surface area contributed by atoms with Crippen LogP contribution in [0.2, 0.25) is 0 Å². The molecular weight excluding hydrogens is 464 g/mol. The Morgan fingerprint density at radius 3 is 2.64 bits per heavy atom. The fourth-order valence-electron chi connectivity index (χ4n) is 4.12. The first kappa shape index (κ1) is 27.1. The van der Waals surface area contributed by atoms with Crippen LogP contribution in [0, 0.1) is 5.92 Å². The predicted molar refractivity (Wildman–Crippen MR) is 134 cm³/mol. The van der Waals surface area contributed by atoms with Gasteiger partial charge in [0.2, 0.25) is 5.91 Å². The molecule has 1 aromatic heterocycles. The van der Waals surface area contributed by atoms with Crippen LogP contribution < -0.4 is 10.1 Å². The van der Waals surface area contributed by atoms with E-state index >= 15 is 0 Å². The number of nitrogens with one attached hydrogen (secondary N) is 1. The molecule has 2 heterocycles. The summed E-state index contributed by atoms with van der Waals surface area (Å²) < 4.78 is 16.7. The molecule has 0 aliphatic carbocycles. The standard InChI is InChI=1S/C26H34N4O6/c1-17-13-30(25(32)19-7-6-10-27-12-19)18(2)15-36-22-11-20(28-24(31)16-34-4)8-9-21(22)26(33)29(3)14-23(17)35-5/h6-12,17-18,23H,13-16H2,1-5H3,(H,28,31)/t17-,18+,23-/m0/s1. The van der Waals surface area contributed by atoms with Gasteiger partial charge >= 0.3 is 0 Å². The van der Waals surface area contributed by atoms with Crippen molar-refractivity contribution in [1.82, 2.24) is 14.8 Å². The van der Waals surface area contributed by atoms with Crippen LogP contribution in [0.3, 0.4) is 0 Å². The molecule has 0 saturated carbocycles. The van der Waals surface area contributed by atoms with Gasteiger partial charge in [-0.15, -0.1) is 0 Å². The minimum atomic E-state index is -0.329. The van der Waals surface area contributed by atoms with E-state index in [1.807, 2.05) is 13.8 Å². The van der Waals surface area contributed by atoms with Gasteiger partial charge in [-0.2, -0.15) is 0 Å². The Morgan fingerprint density at radius 2 is 1.97 bits per heavy atom. The molecule has 0 spiro atoms. The molecule has 0 saturated heterocycles. The molecule has 0 unspecified atom stereocenters. The highest BCUT2D eigenvalue weighted by Gasteiger charge is 2.31. The summed E-state index contributed by atoms with van der Waals surface area (Å²) in [7, 11) is 4.74. The van der Waals surface area contributed by atoms with E-state index in [2.05, 4.69) is 10.3 Å². The number of carbonyl (C=O) groups is 3. The van der Waals surface area contributed by atoms with Crippen molar-refractivity contribution in [2.75, 3.05) is 52.9 Å². The molecule has 0 fully saturated rings. The van der Waals surface area contributed by atoms with Gasteiger partial charge in [-0.05, 0) is 31.2 Å². The lowest BCUT2D eigenvalue weighted by atomic mass is 10.0. The summed E-state index contributed by atoms with van der Waals surface area (Å²) in [6, 6.07) is 8.00. The summed E-state index contributed by atoms with van der Waals surface area (Å²) in [5.41, 5.74) is 1.30. The highest BCUT2D eigenvalue weighted by molar-refractivity contribution is 5.98. The zero-order chi connectivity index (χ0) is 26.2. The van der Waals surface area contributed by atoms with Gasteiger partial charge in [-0.25, -0.2) is 0 Å².